The molecule has 1 aromatic rings. The minimum absolute atomic E-state index is 0.00669. The highest BCUT2D eigenvalue weighted by Crippen LogP contribution is 2.12. The Balaban J connectivity index is 1.50. The Hall–Kier alpha value is -1.47. The average Bonchev–Trinajstić information content (AvgIpc) is 3.16. The highest BCUT2D eigenvalue weighted by Gasteiger charge is 2.23. The third-order valence-corrected chi connectivity index (χ3v) is 4.61. The van der Waals surface area contributed by atoms with E-state index in [1.54, 1.807) is 0 Å². The smallest absolute Gasteiger partial charge is 0.249 e. The Morgan fingerprint density at radius 1 is 1.35 bits per heavy atom. The van der Waals surface area contributed by atoms with Crippen LogP contribution < -0.4 is 5.32 Å². The first-order valence-corrected chi connectivity index (χ1v) is 8.80. The van der Waals surface area contributed by atoms with Crippen molar-refractivity contribution in [3.8, 4) is 0 Å². The van der Waals surface area contributed by atoms with Crippen LogP contribution in [-0.4, -0.2) is 64.5 Å². The molecule has 1 atom stereocenters. The second-order valence-corrected chi connectivity index (χ2v) is 6.32. The number of nitrogens with one attached hydrogen (secondary N) is 1. The van der Waals surface area contributed by atoms with Crippen molar-refractivity contribution in [2.45, 2.75) is 51.7 Å². The van der Waals surface area contributed by atoms with Gasteiger partial charge < -0.3 is 19.5 Å². The summed E-state index contributed by atoms with van der Waals surface area (Å²) in [6.07, 6.45) is 4.41. The fourth-order valence-corrected chi connectivity index (χ4v) is 3.35. The van der Waals surface area contributed by atoms with Gasteiger partial charge in [0.05, 0.1) is 0 Å². The summed E-state index contributed by atoms with van der Waals surface area (Å²) in [6, 6.07) is 0. The molecule has 7 nitrogen and oxygen atoms in total. The van der Waals surface area contributed by atoms with E-state index < -0.39 is 0 Å². The van der Waals surface area contributed by atoms with Gasteiger partial charge >= 0.3 is 0 Å². The first-order chi connectivity index (χ1) is 11.3. The van der Waals surface area contributed by atoms with Gasteiger partial charge in [-0.3, -0.25) is 4.79 Å². The molecule has 0 saturated carbocycles. The molecule has 3 rings (SSSR count). The Morgan fingerprint density at radius 3 is 3.04 bits per heavy atom. The Bertz CT molecular complexity index is 525. The predicted octanol–water partition coefficient (Wildman–Crippen LogP) is 0.384. The van der Waals surface area contributed by atoms with E-state index in [0.29, 0.717) is 13.2 Å². The predicted molar refractivity (Wildman–Crippen MR) is 86.1 cm³/mol. The Kier molecular flexibility index (Phi) is 5.61. The summed E-state index contributed by atoms with van der Waals surface area (Å²) < 4.78 is 7.62. The van der Waals surface area contributed by atoms with Gasteiger partial charge in [-0.15, -0.1) is 10.2 Å². The molecule has 0 aromatic carbocycles. The van der Waals surface area contributed by atoms with Gasteiger partial charge in [0.25, 0.3) is 0 Å². The van der Waals surface area contributed by atoms with Crippen molar-refractivity contribution in [1.29, 1.82) is 0 Å². The number of carbonyl (C=O) groups excluding carboxylic acids is 1. The molecule has 1 aromatic heterocycles. The van der Waals surface area contributed by atoms with Gasteiger partial charge in [0, 0.05) is 45.6 Å². The van der Waals surface area contributed by atoms with E-state index in [0.717, 1.165) is 63.5 Å². The molecule has 2 aliphatic rings. The lowest BCUT2D eigenvalue weighted by atomic mass is 10.2. The second kappa shape index (κ2) is 7.88. The van der Waals surface area contributed by atoms with Gasteiger partial charge in [-0.1, -0.05) is 6.92 Å². The molecular formula is C16H27N5O2. The lowest BCUT2D eigenvalue weighted by Gasteiger charge is -2.18. The van der Waals surface area contributed by atoms with Gasteiger partial charge in [-0.25, -0.2) is 0 Å². The molecule has 0 radical (unpaired) electrons. The highest BCUT2D eigenvalue weighted by atomic mass is 16.5. The van der Waals surface area contributed by atoms with Gasteiger partial charge in [0.2, 0.25) is 5.91 Å². The minimum Gasteiger partial charge on any atom is -0.368 e. The number of aromatic nitrogens is 3. The molecule has 1 amide bonds. The third-order valence-electron chi connectivity index (χ3n) is 4.61. The summed E-state index contributed by atoms with van der Waals surface area (Å²) in [7, 11) is 0. The average molecular weight is 321 g/mol. The number of ether oxygens (including phenoxy) is 1. The van der Waals surface area contributed by atoms with Crippen LogP contribution in [0.15, 0.2) is 0 Å². The van der Waals surface area contributed by atoms with Crippen LogP contribution in [0.4, 0.5) is 0 Å². The number of hydrogen-bond acceptors (Lipinski definition) is 5. The molecule has 1 fully saturated rings. The Labute approximate surface area is 137 Å². The first-order valence-electron chi connectivity index (χ1n) is 8.80. The number of fused-ring (bicyclic) bond motifs is 1. The summed E-state index contributed by atoms with van der Waals surface area (Å²) in [6.45, 7) is 7.70. The van der Waals surface area contributed by atoms with Gasteiger partial charge in [-0.05, 0) is 25.8 Å². The number of carbonyl (C=O) groups is 1. The van der Waals surface area contributed by atoms with E-state index in [1.807, 2.05) is 0 Å². The lowest BCUT2D eigenvalue weighted by Crippen LogP contribution is -2.35. The van der Waals surface area contributed by atoms with E-state index >= 15 is 0 Å². The summed E-state index contributed by atoms with van der Waals surface area (Å²) in [4.78, 5) is 14.4. The van der Waals surface area contributed by atoms with E-state index in [-0.39, 0.29) is 12.0 Å². The highest BCUT2D eigenvalue weighted by molar-refractivity contribution is 5.80. The van der Waals surface area contributed by atoms with Crippen LogP contribution in [0.5, 0.6) is 0 Å². The van der Waals surface area contributed by atoms with Crippen LogP contribution in [0.3, 0.4) is 0 Å². The van der Waals surface area contributed by atoms with Gasteiger partial charge in [-0.2, -0.15) is 0 Å². The first kappa shape index (κ1) is 16.4. The number of nitrogens with zero attached hydrogens (tertiary/aromatic N) is 4. The molecule has 1 saturated heterocycles. The summed E-state index contributed by atoms with van der Waals surface area (Å²) in [5, 5.41) is 11.6. The van der Waals surface area contributed by atoms with Crippen molar-refractivity contribution in [1.82, 2.24) is 25.0 Å². The van der Waals surface area contributed by atoms with E-state index in [9.17, 15) is 4.79 Å². The summed E-state index contributed by atoms with van der Waals surface area (Å²) in [5.74, 6) is 2.06. The maximum atomic E-state index is 11.9. The molecule has 3 heterocycles. The standard InChI is InChI=1S/C16H27N5O2/c1-2-8-20-9-6-15-19-18-14(21(15)11-10-20)5-7-17-16(22)13-4-3-12-23-13/h13H,2-12H2,1H3,(H,17,22). The van der Waals surface area contributed by atoms with Crippen molar-refractivity contribution in [3.05, 3.63) is 11.6 Å². The number of amides is 1. The largest absolute Gasteiger partial charge is 0.368 e. The van der Waals surface area contributed by atoms with E-state index in [1.165, 1.54) is 6.42 Å². The van der Waals surface area contributed by atoms with Crippen LogP contribution in [0, 0.1) is 0 Å². The van der Waals surface area contributed by atoms with E-state index in [2.05, 4.69) is 31.9 Å². The SMILES string of the molecule is CCCN1CCc2nnc(CCNC(=O)C3CCCO3)n2CC1. The molecule has 0 bridgehead atoms. The van der Waals surface area contributed by atoms with Crippen LogP contribution >= 0.6 is 0 Å². The second-order valence-electron chi connectivity index (χ2n) is 6.32. The molecule has 1 N–H and O–H groups in total. The molecule has 128 valence electrons. The van der Waals surface area contributed by atoms with E-state index in [4.69, 9.17) is 4.74 Å². The zero-order valence-electron chi connectivity index (χ0n) is 14.0. The lowest BCUT2D eigenvalue weighted by molar-refractivity contribution is -0.130. The minimum atomic E-state index is -0.256. The third kappa shape index (κ3) is 4.09. The van der Waals surface area contributed by atoms with Crippen molar-refractivity contribution in [3.63, 3.8) is 0 Å². The molecule has 0 spiro atoms. The Morgan fingerprint density at radius 2 is 2.26 bits per heavy atom. The van der Waals surface area contributed by atoms with Crippen molar-refractivity contribution >= 4 is 5.91 Å². The monoisotopic (exact) mass is 321 g/mol. The zero-order chi connectivity index (χ0) is 16.1. The topological polar surface area (TPSA) is 72.3 Å². The fourth-order valence-electron chi connectivity index (χ4n) is 3.35. The molecule has 0 aliphatic carbocycles. The van der Waals surface area contributed by atoms with Crippen LogP contribution in [-0.2, 0) is 28.9 Å². The summed E-state index contributed by atoms with van der Waals surface area (Å²) in [5.41, 5.74) is 0. The molecule has 23 heavy (non-hydrogen) atoms. The van der Waals surface area contributed by atoms with Crippen molar-refractivity contribution in [2.75, 3.05) is 32.8 Å². The van der Waals surface area contributed by atoms with Crippen molar-refractivity contribution in [2.24, 2.45) is 0 Å². The normalized spacial score (nSPS) is 21.9. The number of rotatable bonds is 6. The van der Waals surface area contributed by atoms with Crippen molar-refractivity contribution < 1.29 is 9.53 Å². The number of hydrogen-bond donors (Lipinski definition) is 1. The molecule has 2 aliphatic heterocycles. The van der Waals surface area contributed by atoms with Gasteiger partial charge in [0.1, 0.15) is 17.8 Å². The van der Waals surface area contributed by atoms with Crippen LogP contribution in [0.2, 0.25) is 0 Å². The quantitative estimate of drug-likeness (QED) is 0.820. The fraction of sp³-hybridized carbons (Fsp3) is 0.812. The maximum Gasteiger partial charge on any atom is 0.249 e. The molecule has 1 unspecified atom stereocenters. The molecule has 7 heteroatoms. The van der Waals surface area contributed by atoms with Gasteiger partial charge in [0.15, 0.2) is 0 Å². The molecular weight excluding hydrogens is 294 g/mol. The summed E-state index contributed by atoms with van der Waals surface area (Å²) >= 11 is 0. The maximum absolute atomic E-state index is 11.9. The zero-order valence-corrected chi connectivity index (χ0v) is 14.0. The van der Waals surface area contributed by atoms with Crippen LogP contribution in [0.1, 0.15) is 37.8 Å². The van der Waals surface area contributed by atoms with Crippen LogP contribution in [0.25, 0.3) is 0 Å².